The van der Waals surface area contributed by atoms with Gasteiger partial charge in [-0.2, -0.15) is 0 Å². The second-order valence-electron chi connectivity index (χ2n) is 6.21. The summed E-state index contributed by atoms with van der Waals surface area (Å²) in [7, 11) is 0. The van der Waals surface area contributed by atoms with Crippen LogP contribution in [0.15, 0.2) is 0 Å². The molecule has 100 valence electrons. The minimum absolute atomic E-state index is 0.110. The number of hydrogen-bond acceptors (Lipinski definition) is 4. The average molecular weight is 364 g/mol. The molecule has 0 aromatic rings. The Morgan fingerprint density at radius 1 is 1.39 bits per heavy atom. The van der Waals surface area contributed by atoms with Crippen LogP contribution in [-0.2, 0) is 19.1 Å². The van der Waals surface area contributed by atoms with E-state index in [1.54, 1.807) is 0 Å². The minimum Gasteiger partial charge on any atom is -0.464 e. The molecule has 1 aliphatic carbocycles. The van der Waals surface area contributed by atoms with Gasteiger partial charge in [-0.15, -0.1) is 0 Å². The number of hydrogen-bond donors (Lipinski definition) is 0. The molecule has 0 unspecified atom stereocenters. The van der Waals surface area contributed by atoms with Crippen LogP contribution < -0.4 is 0 Å². The number of carbonyl (C=O) groups excluding carboxylic acids is 2. The highest BCUT2D eigenvalue weighted by atomic mass is 127. The first kappa shape index (κ1) is 12.7. The SMILES string of the molecule is C[C@@H]1[C@H]2CC(=O)O[C@@]2(CI)[C@]2(C)COC(=O)[C@]12C. The third kappa shape index (κ3) is 1.01. The highest BCUT2D eigenvalue weighted by Gasteiger charge is 2.80. The van der Waals surface area contributed by atoms with Crippen LogP contribution in [0.1, 0.15) is 27.2 Å². The first-order chi connectivity index (χ1) is 8.33. The van der Waals surface area contributed by atoms with Crippen molar-refractivity contribution in [3.8, 4) is 0 Å². The van der Waals surface area contributed by atoms with Crippen LogP contribution in [0, 0.1) is 22.7 Å². The van der Waals surface area contributed by atoms with Crippen LogP contribution in [0.5, 0.6) is 0 Å². The van der Waals surface area contributed by atoms with E-state index in [9.17, 15) is 9.59 Å². The van der Waals surface area contributed by atoms with Gasteiger partial charge in [-0.3, -0.25) is 9.59 Å². The molecule has 0 bridgehead atoms. The third-order valence-corrected chi connectivity index (χ3v) is 7.12. The van der Waals surface area contributed by atoms with Gasteiger partial charge in [0.25, 0.3) is 0 Å². The summed E-state index contributed by atoms with van der Waals surface area (Å²) in [5.74, 6) is -0.0261. The maximum atomic E-state index is 12.2. The molecular formula is C13H17IO4. The summed E-state index contributed by atoms with van der Waals surface area (Å²) in [5, 5.41) is 0. The molecule has 2 heterocycles. The number of fused-ring (bicyclic) bond motifs is 3. The summed E-state index contributed by atoms with van der Waals surface area (Å²) in [4.78, 5) is 23.9. The van der Waals surface area contributed by atoms with Crippen molar-refractivity contribution >= 4 is 34.5 Å². The fourth-order valence-electron chi connectivity index (χ4n) is 4.43. The van der Waals surface area contributed by atoms with Gasteiger partial charge in [-0.1, -0.05) is 36.4 Å². The van der Waals surface area contributed by atoms with E-state index in [4.69, 9.17) is 9.47 Å². The lowest BCUT2D eigenvalue weighted by Gasteiger charge is -2.41. The normalized spacial score (nSPS) is 54.0. The van der Waals surface area contributed by atoms with Crippen LogP contribution in [0.4, 0.5) is 0 Å². The van der Waals surface area contributed by atoms with E-state index in [-0.39, 0.29) is 23.8 Å². The smallest absolute Gasteiger partial charge is 0.312 e. The van der Waals surface area contributed by atoms with Gasteiger partial charge in [0.1, 0.15) is 12.2 Å². The topological polar surface area (TPSA) is 52.6 Å². The van der Waals surface area contributed by atoms with E-state index in [0.717, 1.165) is 0 Å². The van der Waals surface area contributed by atoms with Crippen molar-refractivity contribution in [2.45, 2.75) is 32.8 Å². The number of rotatable bonds is 1. The van der Waals surface area contributed by atoms with Crippen LogP contribution in [0.25, 0.3) is 0 Å². The van der Waals surface area contributed by atoms with Gasteiger partial charge in [0, 0.05) is 10.3 Å². The molecule has 5 atom stereocenters. The zero-order valence-corrected chi connectivity index (χ0v) is 12.9. The quantitative estimate of drug-likeness (QED) is 0.406. The molecule has 4 nitrogen and oxygen atoms in total. The van der Waals surface area contributed by atoms with Crippen molar-refractivity contribution in [3.63, 3.8) is 0 Å². The van der Waals surface area contributed by atoms with Crippen molar-refractivity contribution in [2.24, 2.45) is 22.7 Å². The van der Waals surface area contributed by atoms with Crippen molar-refractivity contribution in [3.05, 3.63) is 0 Å². The molecule has 2 aliphatic heterocycles. The monoisotopic (exact) mass is 364 g/mol. The summed E-state index contributed by atoms with van der Waals surface area (Å²) in [6.07, 6.45) is 0.433. The molecular weight excluding hydrogens is 347 g/mol. The summed E-state index contributed by atoms with van der Waals surface area (Å²) >= 11 is 2.27. The maximum absolute atomic E-state index is 12.2. The number of esters is 2. The van der Waals surface area contributed by atoms with E-state index in [0.29, 0.717) is 17.5 Å². The van der Waals surface area contributed by atoms with Gasteiger partial charge < -0.3 is 9.47 Å². The minimum atomic E-state index is -0.538. The lowest BCUT2D eigenvalue weighted by molar-refractivity contribution is -0.160. The Labute approximate surface area is 120 Å². The van der Waals surface area contributed by atoms with Crippen LogP contribution in [0.2, 0.25) is 0 Å². The summed E-state index contributed by atoms with van der Waals surface area (Å²) in [6.45, 7) is 6.45. The summed E-state index contributed by atoms with van der Waals surface area (Å²) in [6, 6.07) is 0. The van der Waals surface area contributed by atoms with Gasteiger partial charge in [0.15, 0.2) is 0 Å². The fourth-order valence-corrected chi connectivity index (χ4v) is 5.99. The summed E-state index contributed by atoms with van der Waals surface area (Å²) in [5.41, 5.74) is -1.48. The third-order valence-electron chi connectivity index (χ3n) is 5.99. The molecule has 0 N–H and O–H groups in total. The van der Waals surface area contributed by atoms with Gasteiger partial charge in [-0.05, 0) is 12.8 Å². The molecule has 5 heteroatoms. The highest BCUT2D eigenvalue weighted by molar-refractivity contribution is 14.1. The van der Waals surface area contributed by atoms with E-state index in [1.807, 2.05) is 13.8 Å². The molecule has 0 amide bonds. The molecule has 0 aromatic heterocycles. The second-order valence-corrected chi connectivity index (χ2v) is 6.97. The Morgan fingerprint density at radius 2 is 2.06 bits per heavy atom. The lowest BCUT2D eigenvalue weighted by Crippen LogP contribution is -2.53. The first-order valence-electron chi connectivity index (χ1n) is 6.28. The standard InChI is InChI=1S/C13H17IO4/c1-7-8-4-9(15)18-13(8,5-14)11(2)6-17-10(16)12(7,11)3/h7-8H,4-6H2,1-3H3/t7-,8-,11-,12+,13-/m1/s1. The maximum Gasteiger partial charge on any atom is 0.312 e. The number of alkyl halides is 1. The Hall–Kier alpha value is -0.330. The molecule has 1 saturated carbocycles. The molecule has 0 radical (unpaired) electrons. The van der Waals surface area contributed by atoms with Crippen molar-refractivity contribution in [1.82, 2.24) is 0 Å². The van der Waals surface area contributed by atoms with Crippen LogP contribution in [0.3, 0.4) is 0 Å². The Kier molecular flexibility index (Phi) is 2.40. The van der Waals surface area contributed by atoms with Crippen LogP contribution >= 0.6 is 22.6 Å². The van der Waals surface area contributed by atoms with E-state index in [2.05, 4.69) is 29.5 Å². The molecule has 18 heavy (non-hydrogen) atoms. The Morgan fingerprint density at radius 3 is 2.67 bits per heavy atom. The summed E-state index contributed by atoms with van der Waals surface area (Å²) < 4.78 is 11.8. The van der Waals surface area contributed by atoms with Gasteiger partial charge >= 0.3 is 11.9 Å². The Bertz CT molecular complexity index is 450. The second kappa shape index (κ2) is 3.41. The predicted molar refractivity (Wildman–Crippen MR) is 72.2 cm³/mol. The van der Waals surface area contributed by atoms with Crippen molar-refractivity contribution < 1.29 is 19.1 Å². The number of ether oxygens (including phenoxy) is 2. The largest absolute Gasteiger partial charge is 0.464 e. The highest BCUT2D eigenvalue weighted by Crippen LogP contribution is 2.71. The number of cyclic esters (lactones) is 1. The number of halogens is 1. The average Bonchev–Trinajstić information content (AvgIpc) is 2.84. The van der Waals surface area contributed by atoms with Crippen LogP contribution in [-0.4, -0.2) is 28.6 Å². The van der Waals surface area contributed by atoms with E-state index >= 15 is 0 Å². The fraction of sp³-hybridized carbons (Fsp3) is 0.846. The van der Waals surface area contributed by atoms with Gasteiger partial charge in [-0.25, -0.2) is 0 Å². The lowest BCUT2D eigenvalue weighted by atomic mass is 9.63. The number of carbonyl (C=O) groups is 2. The molecule has 3 fully saturated rings. The molecule has 3 aliphatic rings. The zero-order chi connectivity index (χ0) is 13.3. The molecule has 0 spiro atoms. The molecule has 0 aromatic carbocycles. The first-order valence-corrected chi connectivity index (χ1v) is 7.81. The molecule has 3 rings (SSSR count). The van der Waals surface area contributed by atoms with Crippen molar-refractivity contribution in [2.75, 3.05) is 11.0 Å². The molecule has 2 saturated heterocycles. The van der Waals surface area contributed by atoms with E-state index < -0.39 is 16.4 Å². The van der Waals surface area contributed by atoms with Crippen molar-refractivity contribution in [1.29, 1.82) is 0 Å². The Balaban J connectivity index is 2.21. The van der Waals surface area contributed by atoms with Gasteiger partial charge in [0.2, 0.25) is 0 Å². The van der Waals surface area contributed by atoms with E-state index in [1.165, 1.54) is 0 Å². The van der Waals surface area contributed by atoms with Gasteiger partial charge in [0.05, 0.1) is 17.3 Å². The predicted octanol–water partition coefficient (Wildman–Crippen LogP) is 1.94. The zero-order valence-electron chi connectivity index (χ0n) is 10.8.